The number of ketones is 1. The molecule has 1 unspecified atom stereocenters. The molecule has 35 heavy (non-hydrogen) atoms. The number of rotatable bonds is 5. The summed E-state index contributed by atoms with van der Waals surface area (Å²) in [6.45, 7) is 1.55. The fourth-order valence-corrected chi connectivity index (χ4v) is 4.22. The molecule has 180 valence electrons. The molecule has 1 saturated heterocycles. The third kappa shape index (κ3) is 4.64. The minimum Gasteiger partial charge on any atom is -0.507 e. The topological polar surface area (TPSA) is 66.8 Å². The summed E-state index contributed by atoms with van der Waals surface area (Å²) in [4.78, 5) is 27.5. The monoisotopic (exact) mass is 481 g/mol. The van der Waals surface area contributed by atoms with Gasteiger partial charge < -0.3 is 14.7 Å². The Kier molecular flexibility index (Phi) is 6.39. The number of alkyl halides is 3. The molecule has 4 rings (SSSR count). The van der Waals surface area contributed by atoms with Gasteiger partial charge in [-0.2, -0.15) is 13.2 Å². The summed E-state index contributed by atoms with van der Waals surface area (Å²) < 4.78 is 45.0. The fourth-order valence-electron chi connectivity index (χ4n) is 4.22. The molecule has 1 atom stereocenters. The van der Waals surface area contributed by atoms with Crippen molar-refractivity contribution in [3.8, 4) is 5.75 Å². The van der Waals surface area contributed by atoms with E-state index in [2.05, 4.69) is 0 Å². The molecule has 0 bridgehead atoms. The van der Waals surface area contributed by atoms with E-state index in [4.69, 9.17) is 4.74 Å². The molecule has 1 N–H and O–H groups in total. The van der Waals surface area contributed by atoms with Gasteiger partial charge in [0.1, 0.15) is 11.5 Å². The van der Waals surface area contributed by atoms with Crippen molar-refractivity contribution in [3.05, 3.63) is 106 Å². The van der Waals surface area contributed by atoms with Gasteiger partial charge in [0.05, 0.1) is 29.9 Å². The highest BCUT2D eigenvalue weighted by molar-refractivity contribution is 6.46. The lowest BCUT2D eigenvalue weighted by Gasteiger charge is -2.26. The molecule has 0 spiro atoms. The minimum absolute atomic E-state index is 0.155. The number of likely N-dealkylation sites (tertiary alicyclic amines) is 1. The lowest BCUT2D eigenvalue weighted by atomic mass is 9.94. The number of carbonyl (C=O) groups is 2. The number of methoxy groups -OCH3 is 1. The third-order valence-corrected chi connectivity index (χ3v) is 5.87. The van der Waals surface area contributed by atoms with Crippen molar-refractivity contribution in [2.75, 3.05) is 7.11 Å². The Morgan fingerprint density at radius 3 is 2.37 bits per heavy atom. The van der Waals surface area contributed by atoms with Gasteiger partial charge in [-0.1, -0.05) is 54.1 Å². The SMILES string of the molecule is COc1ccc(C)cc1/C(O)=C1\C(=O)C(=O)N(Cc2cccc(C(F)(F)F)c2)C1c1ccccc1. The maximum absolute atomic E-state index is 13.2. The minimum atomic E-state index is -4.55. The summed E-state index contributed by atoms with van der Waals surface area (Å²) in [5.41, 5.74) is 0.763. The van der Waals surface area contributed by atoms with Crippen LogP contribution in [0.3, 0.4) is 0 Å². The van der Waals surface area contributed by atoms with Crippen LogP contribution in [0.1, 0.15) is 33.9 Å². The molecule has 8 heteroatoms. The summed E-state index contributed by atoms with van der Waals surface area (Å²) in [6, 6.07) is 17.2. The molecule has 0 aliphatic carbocycles. The number of aliphatic hydroxyl groups is 1. The third-order valence-electron chi connectivity index (χ3n) is 5.87. The number of Topliss-reactive ketones (excluding diaryl/α,β-unsaturated/α-hetero) is 1. The first-order valence-corrected chi connectivity index (χ1v) is 10.8. The summed E-state index contributed by atoms with van der Waals surface area (Å²) in [5, 5.41) is 11.3. The van der Waals surface area contributed by atoms with Crippen LogP contribution < -0.4 is 4.74 Å². The van der Waals surface area contributed by atoms with Gasteiger partial charge in [-0.3, -0.25) is 9.59 Å². The molecular weight excluding hydrogens is 459 g/mol. The van der Waals surface area contributed by atoms with Gasteiger partial charge in [-0.15, -0.1) is 0 Å². The number of hydrogen-bond acceptors (Lipinski definition) is 4. The van der Waals surface area contributed by atoms with Gasteiger partial charge in [-0.05, 0) is 42.3 Å². The Bertz CT molecular complexity index is 1320. The Morgan fingerprint density at radius 2 is 1.71 bits per heavy atom. The van der Waals surface area contributed by atoms with Crippen molar-refractivity contribution in [2.24, 2.45) is 0 Å². The second-order valence-corrected chi connectivity index (χ2v) is 8.24. The zero-order valence-corrected chi connectivity index (χ0v) is 19.0. The number of carbonyl (C=O) groups excluding carboxylic acids is 2. The molecule has 0 saturated carbocycles. The van der Waals surface area contributed by atoms with Crippen LogP contribution in [0.15, 0.2) is 78.4 Å². The lowest BCUT2D eigenvalue weighted by molar-refractivity contribution is -0.140. The molecule has 1 heterocycles. The molecule has 1 aliphatic heterocycles. The predicted molar refractivity (Wildman–Crippen MR) is 123 cm³/mol. The largest absolute Gasteiger partial charge is 0.507 e. The van der Waals surface area contributed by atoms with Gasteiger partial charge in [-0.25, -0.2) is 0 Å². The van der Waals surface area contributed by atoms with Crippen LogP contribution >= 0.6 is 0 Å². The molecule has 1 amide bonds. The number of aliphatic hydroxyl groups excluding tert-OH is 1. The molecular formula is C27H22F3NO4. The Hall–Kier alpha value is -4.07. The molecule has 1 aliphatic rings. The molecule has 0 aromatic heterocycles. The van der Waals surface area contributed by atoms with Gasteiger partial charge in [0.15, 0.2) is 0 Å². The number of hydrogen-bond donors (Lipinski definition) is 1. The Labute approximate surface area is 200 Å². The van der Waals surface area contributed by atoms with Crippen LogP contribution in [0, 0.1) is 6.92 Å². The van der Waals surface area contributed by atoms with E-state index in [-0.39, 0.29) is 23.2 Å². The quantitative estimate of drug-likeness (QED) is 0.291. The first-order chi connectivity index (χ1) is 16.6. The molecule has 0 radical (unpaired) electrons. The molecule has 3 aromatic rings. The van der Waals surface area contributed by atoms with E-state index < -0.39 is 35.2 Å². The highest BCUT2D eigenvalue weighted by atomic mass is 19.4. The number of halogens is 3. The molecule has 1 fully saturated rings. The summed E-state index contributed by atoms with van der Waals surface area (Å²) in [6.07, 6.45) is -4.55. The van der Waals surface area contributed by atoms with E-state index in [0.29, 0.717) is 11.3 Å². The van der Waals surface area contributed by atoms with Crippen LogP contribution in [-0.2, 0) is 22.3 Å². The summed E-state index contributed by atoms with van der Waals surface area (Å²) in [7, 11) is 1.42. The van der Waals surface area contributed by atoms with Crippen molar-refractivity contribution < 1.29 is 32.6 Å². The van der Waals surface area contributed by atoms with Crippen molar-refractivity contribution in [1.82, 2.24) is 4.90 Å². The average molecular weight is 481 g/mol. The second kappa shape index (κ2) is 9.29. The highest BCUT2D eigenvalue weighted by Crippen LogP contribution is 2.42. The van der Waals surface area contributed by atoms with Crippen LogP contribution in [-0.4, -0.2) is 28.8 Å². The van der Waals surface area contributed by atoms with E-state index in [9.17, 15) is 27.9 Å². The average Bonchev–Trinajstić information content (AvgIpc) is 3.08. The zero-order chi connectivity index (χ0) is 25.3. The summed E-state index contributed by atoms with van der Waals surface area (Å²) >= 11 is 0. The first-order valence-electron chi connectivity index (χ1n) is 10.8. The van der Waals surface area contributed by atoms with Crippen LogP contribution in [0.25, 0.3) is 5.76 Å². The van der Waals surface area contributed by atoms with Crippen LogP contribution in [0.2, 0.25) is 0 Å². The molecule has 5 nitrogen and oxygen atoms in total. The Balaban J connectivity index is 1.87. The second-order valence-electron chi connectivity index (χ2n) is 8.24. The highest BCUT2D eigenvalue weighted by Gasteiger charge is 2.46. The van der Waals surface area contributed by atoms with Gasteiger partial charge >= 0.3 is 6.18 Å². The smallest absolute Gasteiger partial charge is 0.416 e. The van der Waals surface area contributed by atoms with Gasteiger partial charge in [0, 0.05) is 6.54 Å². The van der Waals surface area contributed by atoms with E-state index in [1.54, 1.807) is 55.5 Å². The van der Waals surface area contributed by atoms with Crippen molar-refractivity contribution in [3.63, 3.8) is 0 Å². The first kappa shape index (κ1) is 24.1. The lowest BCUT2D eigenvalue weighted by Crippen LogP contribution is -2.29. The number of benzene rings is 3. The Morgan fingerprint density at radius 1 is 1.00 bits per heavy atom. The van der Waals surface area contributed by atoms with Gasteiger partial charge in [0.2, 0.25) is 0 Å². The van der Waals surface area contributed by atoms with Crippen molar-refractivity contribution in [2.45, 2.75) is 25.7 Å². The van der Waals surface area contributed by atoms with E-state index >= 15 is 0 Å². The van der Waals surface area contributed by atoms with Crippen molar-refractivity contribution >= 4 is 17.4 Å². The van der Waals surface area contributed by atoms with E-state index in [1.165, 1.54) is 24.1 Å². The van der Waals surface area contributed by atoms with Crippen molar-refractivity contribution in [1.29, 1.82) is 0 Å². The predicted octanol–water partition coefficient (Wildman–Crippen LogP) is 5.64. The van der Waals surface area contributed by atoms with E-state index in [0.717, 1.165) is 17.7 Å². The van der Waals surface area contributed by atoms with Gasteiger partial charge in [0.25, 0.3) is 11.7 Å². The normalized spacial score (nSPS) is 17.6. The zero-order valence-electron chi connectivity index (χ0n) is 19.0. The fraction of sp³-hybridized carbons (Fsp3) is 0.185. The van der Waals surface area contributed by atoms with Crippen LogP contribution in [0.4, 0.5) is 13.2 Å². The van der Waals surface area contributed by atoms with E-state index in [1.807, 2.05) is 0 Å². The maximum Gasteiger partial charge on any atom is 0.416 e. The number of aryl methyl sites for hydroxylation is 1. The number of nitrogens with zero attached hydrogens (tertiary/aromatic N) is 1. The summed E-state index contributed by atoms with van der Waals surface area (Å²) in [5.74, 6) is -1.94. The maximum atomic E-state index is 13.2. The van der Waals surface area contributed by atoms with Crippen LogP contribution in [0.5, 0.6) is 5.75 Å². The molecule has 3 aromatic carbocycles. The number of ether oxygens (including phenoxy) is 1. The standard InChI is InChI=1S/C27H22F3NO4/c1-16-11-12-21(35-2)20(13-16)24(32)22-23(18-8-4-3-5-9-18)31(26(34)25(22)33)15-17-7-6-10-19(14-17)27(28,29)30/h3-14,23,32H,15H2,1-2H3/b24-22+. The number of amides is 1.